The van der Waals surface area contributed by atoms with Crippen LogP contribution in [0.3, 0.4) is 0 Å². The van der Waals surface area contributed by atoms with Crippen LogP contribution in [0.15, 0.2) is 35.4 Å². The lowest BCUT2D eigenvalue weighted by atomic mass is 10.00. The molecule has 0 heterocycles. The third-order valence-electron chi connectivity index (χ3n) is 4.87. The summed E-state index contributed by atoms with van der Waals surface area (Å²) in [5.74, 6) is -0.509. The summed E-state index contributed by atoms with van der Waals surface area (Å²) in [6.45, 7) is 9.37. The zero-order valence-electron chi connectivity index (χ0n) is 17.2. The molecule has 28 heavy (non-hydrogen) atoms. The van der Waals surface area contributed by atoms with Crippen LogP contribution in [0.5, 0.6) is 0 Å². The van der Waals surface area contributed by atoms with Crippen molar-refractivity contribution in [1.29, 1.82) is 0 Å². The lowest BCUT2D eigenvalue weighted by molar-refractivity contribution is -0.119. The first kappa shape index (κ1) is 21.6. The van der Waals surface area contributed by atoms with Crippen LogP contribution in [0.4, 0.5) is 5.69 Å². The Morgan fingerprint density at radius 3 is 2.18 bits per heavy atom. The van der Waals surface area contributed by atoms with Crippen LogP contribution in [0.2, 0.25) is 0 Å². The van der Waals surface area contributed by atoms with E-state index < -0.39 is 15.9 Å². The van der Waals surface area contributed by atoms with Gasteiger partial charge in [0, 0.05) is 0 Å². The van der Waals surface area contributed by atoms with Gasteiger partial charge < -0.3 is 0 Å². The second-order valence-corrected chi connectivity index (χ2v) is 8.93. The minimum Gasteiger partial charge on any atom is -0.271 e. The van der Waals surface area contributed by atoms with Gasteiger partial charge in [-0.15, -0.1) is 0 Å². The van der Waals surface area contributed by atoms with Crippen molar-refractivity contribution in [1.82, 2.24) is 5.43 Å². The van der Waals surface area contributed by atoms with Crippen molar-refractivity contribution in [3.8, 4) is 0 Å². The van der Waals surface area contributed by atoms with Crippen molar-refractivity contribution in [3.63, 3.8) is 0 Å². The average molecular weight is 402 g/mol. The van der Waals surface area contributed by atoms with Gasteiger partial charge in [0.25, 0.3) is 5.91 Å². The predicted molar refractivity (Wildman–Crippen MR) is 114 cm³/mol. The number of amides is 1. The molecular formula is C21H27N3O3S. The largest absolute Gasteiger partial charge is 0.271 e. The summed E-state index contributed by atoms with van der Waals surface area (Å²) in [5, 5.41) is 4.00. The third kappa shape index (κ3) is 4.98. The molecule has 0 aromatic heterocycles. The summed E-state index contributed by atoms with van der Waals surface area (Å²) in [6, 6.07) is 9.42. The molecule has 0 atom stereocenters. The van der Waals surface area contributed by atoms with Gasteiger partial charge >= 0.3 is 0 Å². The predicted octanol–water partition coefficient (Wildman–Crippen LogP) is 3.15. The monoisotopic (exact) mass is 401 g/mol. The molecule has 0 radical (unpaired) electrons. The van der Waals surface area contributed by atoms with Gasteiger partial charge in [-0.1, -0.05) is 30.3 Å². The normalized spacial score (nSPS) is 11.6. The molecule has 0 unspecified atom stereocenters. The highest BCUT2D eigenvalue weighted by atomic mass is 32.2. The van der Waals surface area contributed by atoms with E-state index in [2.05, 4.69) is 10.5 Å². The quantitative estimate of drug-likeness (QED) is 0.597. The van der Waals surface area contributed by atoms with Gasteiger partial charge in [-0.3, -0.25) is 9.10 Å². The molecule has 6 nitrogen and oxygen atoms in total. The van der Waals surface area contributed by atoms with Crippen LogP contribution in [-0.2, 0) is 14.8 Å². The molecule has 0 aliphatic heterocycles. The number of nitrogens with zero attached hydrogens (tertiary/aromatic N) is 2. The number of carbonyl (C=O) groups excluding carboxylic acids is 1. The molecule has 2 aromatic rings. The van der Waals surface area contributed by atoms with Crippen LogP contribution in [0, 0.1) is 34.6 Å². The van der Waals surface area contributed by atoms with Crippen LogP contribution in [0.25, 0.3) is 0 Å². The van der Waals surface area contributed by atoms with Gasteiger partial charge in [0.05, 0.1) is 18.2 Å². The topological polar surface area (TPSA) is 78.8 Å². The molecule has 2 rings (SSSR count). The number of nitrogens with one attached hydrogen (secondary N) is 1. The fourth-order valence-electron chi connectivity index (χ4n) is 3.02. The maximum Gasteiger partial charge on any atom is 0.260 e. The van der Waals surface area contributed by atoms with Gasteiger partial charge in [0.1, 0.15) is 6.54 Å². The number of hydrogen-bond acceptors (Lipinski definition) is 4. The van der Waals surface area contributed by atoms with E-state index in [1.807, 2.05) is 65.0 Å². The average Bonchev–Trinajstić information content (AvgIpc) is 2.60. The number of aryl methyl sites for hydroxylation is 3. The SMILES string of the molecule is Cc1ccc(/C=N\NC(=O)CN(c2c(C)cccc2C)S(C)(=O)=O)c(C)c1C. The Morgan fingerprint density at radius 2 is 1.61 bits per heavy atom. The standard InChI is InChI=1S/C21H27N3O3S/c1-14-10-11-19(18(5)17(14)4)12-22-23-20(25)13-24(28(6,26)27)21-15(2)8-7-9-16(21)3/h7-12H,13H2,1-6H3,(H,23,25)/b22-12-. The van der Waals surface area contributed by atoms with Crippen molar-refractivity contribution in [2.75, 3.05) is 17.1 Å². The smallest absolute Gasteiger partial charge is 0.260 e. The minimum atomic E-state index is -3.63. The Morgan fingerprint density at radius 1 is 1.00 bits per heavy atom. The molecule has 0 bridgehead atoms. The van der Waals surface area contributed by atoms with E-state index in [1.165, 1.54) is 11.1 Å². The molecule has 0 aliphatic rings. The number of para-hydroxylation sites is 1. The van der Waals surface area contributed by atoms with Gasteiger partial charge in [-0.25, -0.2) is 13.8 Å². The molecule has 1 N–H and O–H groups in total. The highest BCUT2D eigenvalue weighted by Gasteiger charge is 2.23. The number of rotatable bonds is 6. The van der Waals surface area contributed by atoms with Gasteiger partial charge in [-0.05, 0) is 68.0 Å². The number of sulfonamides is 1. The van der Waals surface area contributed by atoms with E-state index in [0.29, 0.717) is 5.69 Å². The molecular weight excluding hydrogens is 374 g/mol. The number of anilines is 1. The van der Waals surface area contributed by atoms with Crippen LogP contribution in [0.1, 0.15) is 33.4 Å². The van der Waals surface area contributed by atoms with Crippen molar-refractivity contribution in [3.05, 3.63) is 63.7 Å². The fraction of sp³-hybridized carbons (Fsp3) is 0.333. The second kappa shape index (κ2) is 8.56. The van der Waals surface area contributed by atoms with E-state index in [4.69, 9.17) is 0 Å². The molecule has 0 saturated carbocycles. The molecule has 1 amide bonds. The maximum absolute atomic E-state index is 12.4. The number of hydrazone groups is 1. The molecule has 0 spiro atoms. The van der Waals surface area contributed by atoms with Crippen molar-refractivity contribution < 1.29 is 13.2 Å². The highest BCUT2D eigenvalue weighted by molar-refractivity contribution is 7.92. The van der Waals surface area contributed by atoms with E-state index in [-0.39, 0.29) is 6.54 Å². The van der Waals surface area contributed by atoms with Crippen LogP contribution < -0.4 is 9.73 Å². The fourth-order valence-corrected chi connectivity index (χ4v) is 3.99. The van der Waals surface area contributed by atoms with Gasteiger partial charge in [0.2, 0.25) is 10.0 Å². The molecule has 150 valence electrons. The molecule has 7 heteroatoms. The zero-order valence-corrected chi connectivity index (χ0v) is 18.0. The lowest BCUT2D eigenvalue weighted by Gasteiger charge is -2.25. The van der Waals surface area contributed by atoms with Crippen molar-refractivity contribution in [2.45, 2.75) is 34.6 Å². The van der Waals surface area contributed by atoms with Gasteiger partial charge in [0.15, 0.2) is 0 Å². The Balaban J connectivity index is 2.19. The molecule has 2 aromatic carbocycles. The van der Waals surface area contributed by atoms with E-state index in [9.17, 15) is 13.2 Å². The maximum atomic E-state index is 12.4. The molecule has 0 saturated heterocycles. The summed E-state index contributed by atoms with van der Waals surface area (Å²) >= 11 is 0. The van der Waals surface area contributed by atoms with Crippen molar-refractivity contribution in [2.24, 2.45) is 5.10 Å². The Bertz CT molecular complexity index is 1010. The number of carbonyl (C=O) groups is 1. The summed E-state index contributed by atoms with van der Waals surface area (Å²) in [5.41, 5.74) is 8.88. The second-order valence-electron chi connectivity index (χ2n) is 7.02. The first-order valence-corrected chi connectivity index (χ1v) is 10.8. The lowest BCUT2D eigenvalue weighted by Crippen LogP contribution is -2.39. The zero-order chi connectivity index (χ0) is 21.1. The van der Waals surface area contributed by atoms with E-state index in [0.717, 1.165) is 32.8 Å². The van der Waals surface area contributed by atoms with E-state index in [1.54, 1.807) is 6.21 Å². The molecule has 0 aliphatic carbocycles. The number of hydrogen-bond donors (Lipinski definition) is 1. The Hall–Kier alpha value is -2.67. The first-order valence-electron chi connectivity index (χ1n) is 8.95. The van der Waals surface area contributed by atoms with Crippen molar-refractivity contribution >= 4 is 27.8 Å². The minimum absolute atomic E-state index is 0.340. The van der Waals surface area contributed by atoms with E-state index >= 15 is 0 Å². The summed E-state index contributed by atoms with van der Waals surface area (Å²) in [6.07, 6.45) is 2.66. The Labute approximate surface area is 167 Å². The Kier molecular flexibility index (Phi) is 6.61. The summed E-state index contributed by atoms with van der Waals surface area (Å²) in [4.78, 5) is 12.4. The highest BCUT2D eigenvalue weighted by Crippen LogP contribution is 2.26. The van der Waals surface area contributed by atoms with Crippen LogP contribution >= 0.6 is 0 Å². The van der Waals surface area contributed by atoms with Gasteiger partial charge in [-0.2, -0.15) is 5.10 Å². The summed E-state index contributed by atoms with van der Waals surface area (Å²) in [7, 11) is -3.63. The third-order valence-corrected chi connectivity index (χ3v) is 5.98. The first-order chi connectivity index (χ1) is 13.0. The molecule has 0 fully saturated rings. The van der Waals surface area contributed by atoms with Crippen LogP contribution in [-0.4, -0.2) is 33.3 Å². The summed E-state index contributed by atoms with van der Waals surface area (Å²) < 4.78 is 25.7. The number of benzene rings is 2.